The maximum Gasteiger partial charge on any atom is 0.240 e. The molecule has 8 heteroatoms. The van der Waals surface area contributed by atoms with Crippen LogP contribution in [0.4, 0.5) is 0 Å². The number of hydrogen-bond acceptors (Lipinski definition) is 6. The van der Waals surface area contributed by atoms with Crippen LogP contribution in [0.2, 0.25) is 0 Å². The molecular formula is C26H36N2O4S2. The molecule has 0 unspecified atom stereocenters. The van der Waals surface area contributed by atoms with Crippen LogP contribution in [0.5, 0.6) is 5.75 Å². The molecule has 2 fully saturated rings. The molecule has 0 amide bonds. The second-order valence-corrected chi connectivity index (χ2v) is 13.1. The van der Waals surface area contributed by atoms with Gasteiger partial charge in [-0.05, 0) is 80.8 Å². The molecule has 186 valence electrons. The SMILES string of the molecule is CCc1cc2c(s1)CCO[C@@]21CCN(CC2CC(NS(=O)(=O)c3ccc(OC)cc3)C2)[C@@H](C)C1. The molecule has 3 aliphatic rings. The van der Waals surface area contributed by atoms with Gasteiger partial charge in [0, 0.05) is 41.3 Å². The number of fused-ring (bicyclic) bond motifs is 2. The second-order valence-electron chi connectivity index (χ2n) is 10.1. The molecule has 0 bridgehead atoms. The van der Waals surface area contributed by atoms with Gasteiger partial charge in [0.1, 0.15) is 5.75 Å². The van der Waals surface area contributed by atoms with E-state index in [0.717, 1.165) is 58.2 Å². The van der Waals surface area contributed by atoms with E-state index < -0.39 is 10.0 Å². The van der Waals surface area contributed by atoms with Gasteiger partial charge < -0.3 is 14.4 Å². The molecule has 1 aromatic carbocycles. The third-order valence-corrected chi connectivity index (χ3v) is 10.8. The quantitative estimate of drug-likeness (QED) is 0.608. The normalized spacial score (nSPS) is 29.6. The first-order chi connectivity index (χ1) is 16.3. The lowest BCUT2D eigenvalue weighted by atomic mass is 9.77. The minimum absolute atomic E-state index is 0.0195. The molecule has 34 heavy (non-hydrogen) atoms. The Hall–Kier alpha value is -1.45. The third kappa shape index (κ3) is 4.67. The fourth-order valence-corrected chi connectivity index (χ4v) is 8.34. The lowest BCUT2D eigenvalue weighted by Crippen LogP contribution is -2.54. The molecule has 0 radical (unpaired) electrons. The molecular weight excluding hydrogens is 468 g/mol. The van der Waals surface area contributed by atoms with E-state index in [1.165, 1.54) is 15.3 Å². The largest absolute Gasteiger partial charge is 0.497 e. The molecule has 1 saturated carbocycles. The van der Waals surface area contributed by atoms with Crippen molar-refractivity contribution in [3.05, 3.63) is 45.6 Å². The topological polar surface area (TPSA) is 67.9 Å². The minimum atomic E-state index is -3.49. The highest BCUT2D eigenvalue weighted by Gasteiger charge is 2.45. The molecule has 1 N–H and O–H groups in total. The van der Waals surface area contributed by atoms with Crippen molar-refractivity contribution < 1.29 is 17.9 Å². The standard InChI is InChI=1S/C26H36N2O4S2/c1-4-22-15-24-25(33-22)9-12-32-26(24)10-11-28(18(2)16-26)17-19-13-20(14-19)27-34(29,30)23-7-5-21(31-3)6-8-23/h5-8,15,18-20,27H,4,9-14,16-17H2,1-3H3/t18-,19?,20?,26+/m0/s1. The highest BCUT2D eigenvalue weighted by molar-refractivity contribution is 7.89. The van der Waals surface area contributed by atoms with Crippen LogP contribution < -0.4 is 9.46 Å². The summed E-state index contributed by atoms with van der Waals surface area (Å²) in [5.74, 6) is 1.19. The molecule has 2 atom stereocenters. The average Bonchev–Trinajstić information content (AvgIpc) is 3.24. The summed E-state index contributed by atoms with van der Waals surface area (Å²) in [7, 11) is -1.92. The lowest BCUT2D eigenvalue weighted by Gasteiger charge is -2.49. The highest BCUT2D eigenvalue weighted by Crippen LogP contribution is 2.46. The zero-order valence-corrected chi connectivity index (χ0v) is 22.0. The van der Waals surface area contributed by atoms with Gasteiger partial charge in [0.25, 0.3) is 0 Å². The van der Waals surface area contributed by atoms with Gasteiger partial charge in [0.05, 0.1) is 24.2 Å². The number of nitrogens with one attached hydrogen (secondary N) is 1. The number of thiophene rings is 1. The lowest BCUT2D eigenvalue weighted by molar-refractivity contribution is -0.114. The van der Waals surface area contributed by atoms with Crippen molar-refractivity contribution in [1.29, 1.82) is 0 Å². The Morgan fingerprint density at radius 1 is 1.26 bits per heavy atom. The Bertz CT molecular complexity index is 1110. The Kier molecular flexibility index (Phi) is 6.81. The summed E-state index contributed by atoms with van der Waals surface area (Å²) in [4.78, 5) is 5.89. The van der Waals surface area contributed by atoms with Crippen molar-refractivity contribution in [3.63, 3.8) is 0 Å². The van der Waals surface area contributed by atoms with Gasteiger partial charge in [0.15, 0.2) is 0 Å². The minimum Gasteiger partial charge on any atom is -0.497 e. The van der Waals surface area contributed by atoms with Crippen LogP contribution in [0.25, 0.3) is 0 Å². The van der Waals surface area contributed by atoms with Gasteiger partial charge in [-0.25, -0.2) is 13.1 Å². The zero-order chi connectivity index (χ0) is 23.9. The van der Waals surface area contributed by atoms with Crippen LogP contribution in [0.3, 0.4) is 0 Å². The Labute approximate surface area is 207 Å². The molecule has 1 spiro atoms. The van der Waals surface area contributed by atoms with E-state index in [-0.39, 0.29) is 11.6 Å². The molecule has 2 aliphatic heterocycles. The van der Waals surface area contributed by atoms with Crippen LogP contribution in [-0.2, 0) is 33.2 Å². The first kappa shape index (κ1) is 24.3. The van der Waals surface area contributed by atoms with Crippen LogP contribution in [-0.4, -0.2) is 52.2 Å². The molecule has 2 aromatic rings. The number of aryl methyl sites for hydroxylation is 1. The molecule has 6 nitrogen and oxygen atoms in total. The summed E-state index contributed by atoms with van der Waals surface area (Å²) in [6, 6.07) is 9.44. The molecule has 1 aliphatic carbocycles. The van der Waals surface area contributed by atoms with E-state index in [1.807, 2.05) is 11.3 Å². The first-order valence-corrected chi connectivity index (χ1v) is 14.8. The smallest absolute Gasteiger partial charge is 0.240 e. The van der Waals surface area contributed by atoms with Crippen LogP contribution in [0.1, 0.15) is 54.8 Å². The van der Waals surface area contributed by atoms with Crippen molar-refractivity contribution >= 4 is 21.4 Å². The monoisotopic (exact) mass is 504 g/mol. The molecule has 5 rings (SSSR count). The Morgan fingerprint density at radius 3 is 2.71 bits per heavy atom. The van der Waals surface area contributed by atoms with Gasteiger partial charge in [-0.3, -0.25) is 0 Å². The third-order valence-electron chi connectivity index (χ3n) is 7.88. The van der Waals surface area contributed by atoms with Crippen LogP contribution in [0.15, 0.2) is 35.2 Å². The summed E-state index contributed by atoms with van der Waals surface area (Å²) in [6.45, 7) is 7.47. The number of nitrogens with zero attached hydrogens (tertiary/aromatic N) is 1. The number of methoxy groups -OCH3 is 1. The van der Waals surface area contributed by atoms with E-state index in [9.17, 15) is 8.42 Å². The Balaban J connectivity index is 1.14. The number of hydrogen-bond donors (Lipinski definition) is 1. The summed E-state index contributed by atoms with van der Waals surface area (Å²) in [6.07, 6.45) is 6.03. The fourth-order valence-electron chi connectivity index (χ4n) is 5.90. The Morgan fingerprint density at radius 2 is 2.03 bits per heavy atom. The summed E-state index contributed by atoms with van der Waals surface area (Å²) >= 11 is 1.98. The number of ether oxygens (including phenoxy) is 2. The average molecular weight is 505 g/mol. The fraction of sp³-hybridized carbons (Fsp3) is 0.615. The predicted octanol–water partition coefficient (Wildman–Crippen LogP) is 4.33. The van der Waals surface area contributed by atoms with Crippen molar-refractivity contribution in [2.75, 3.05) is 26.8 Å². The van der Waals surface area contributed by atoms with E-state index in [2.05, 4.69) is 29.5 Å². The number of likely N-dealkylation sites (tertiary alicyclic amines) is 1. The maximum atomic E-state index is 12.7. The summed E-state index contributed by atoms with van der Waals surface area (Å²) < 4.78 is 39.9. The van der Waals surface area contributed by atoms with Gasteiger partial charge in [0.2, 0.25) is 10.0 Å². The maximum absolute atomic E-state index is 12.7. The number of piperidine rings is 1. The van der Waals surface area contributed by atoms with Gasteiger partial charge in [-0.15, -0.1) is 11.3 Å². The zero-order valence-electron chi connectivity index (χ0n) is 20.4. The van der Waals surface area contributed by atoms with Crippen molar-refractivity contribution in [1.82, 2.24) is 9.62 Å². The van der Waals surface area contributed by atoms with Crippen molar-refractivity contribution in [2.45, 2.75) is 75.0 Å². The van der Waals surface area contributed by atoms with E-state index in [1.54, 1.807) is 31.4 Å². The predicted molar refractivity (Wildman–Crippen MR) is 135 cm³/mol. The highest BCUT2D eigenvalue weighted by atomic mass is 32.2. The van der Waals surface area contributed by atoms with Crippen LogP contribution >= 0.6 is 11.3 Å². The van der Waals surface area contributed by atoms with E-state index in [0.29, 0.717) is 22.6 Å². The van der Waals surface area contributed by atoms with E-state index in [4.69, 9.17) is 9.47 Å². The van der Waals surface area contributed by atoms with Gasteiger partial charge in [-0.2, -0.15) is 0 Å². The number of sulfonamides is 1. The van der Waals surface area contributed by atoms with Gasteiger partial charge in [-0.1, -0.05) is 6.92 Å². The van der Waals surface area contributed by atoms with Crippen molar-refractivity contribution in [3.8, 4) is 5.75 Å². The first-order valence-electron chi connectivity index (χ1n) is 12.5. The summed E-state index contributed by atoms with van der Waals surface area (Å²) in [5.41, 5.74) is 1.35. The molecule has 1 aromatic heterocycles. The van der Waals surface area contributed by atoms with Gasteiger partial charge >= 0.3 is 0 Å². The second kappa shape index (κ2) is 9.54. The molecule has 3 heterocycles. The molecule has 1 saturated heterocycles. The van der Waals surface area contributed by atoms with Crippen LogP contribution in [0, 0.1) is 5.92 Å². The number of rotatable bonds is 7. The summed E-state index contributed by atoms with van der Waals surface area (Å²) in [5, 5.41) is 0. The number of benzene rings is 1. The van der Waals surface area contributed by atoms with E-state index >= 15 is 0 Å². The van der Waals surface area contributed by atoms with Crippen molar-refractivity contribution in [2.24, 2.45) is 5.92 Å².